The van der Waals surface area contributed by atoms with Gasteiger partial charge in [-0.3, -0.25) is 0 Å². The minimum absolute atomic E-state index is 0.304. The van der Waals surface area contributed by atoms with Crippen molar-refractivity contribution in [1.29, 1.82) is 5.26 Å². The van der Waals surface area contributed by atoms with E-state index in [4.69, 9.17) is 16.9 Å². The Kier molecular flexibility index (Phi) is 2.17. The minimum atomic E-state index is 0.304. The van der Waals surface area contributed by atoms with Crippen molar-refractivity contribution in [3.05, 3.63) is 10.7 Å². The standard InChI is InChI=1S/C9H10ClN3S/c1-9(2)3-6(9)12-8-5(4-11)7(10)13-14-8/h6,12H,3H2,1-2H3. The molecule has 0 bridgehead atoms. The van der Waals surface area contributed by atoms with Crippen LogP contribution in [-0.2, 0) is 0 Å². The molecule has 0 aliphatic heterocycles. The maximum atomic E-state index is 8.84. The summed E-state index contributed by atoms with van der Waals surface area (Å²) in [4.78, 5) is 0. The zero-order valence-corrected chi connectivity index (χ0v) is 9.54. The molecule has 3 nitrogen and oxygen atoms in total. The van der Waals surface area contributed by atoms with E-state index >= 15 is 0 Å². The zero-order valence-electron chi connectivity index (χ0n) is 7.97. The van der Waals surface area contributed by atoms with Crippen LogP contribution in [0.25, 0.3) is 0 Å². The summed E-state index contributed by atoms with van der Waals surface area (Å²) in [5.41, 5.74) is 0.808. The summed E-state index contributed by atoms with van der Waals surface area (Å²) in [6, 6.07) is 2.51. The molecule has 0 aromatic carbocycles. The molecule has 14 heavy (non-hydrogen) atoms. The van der Waals surface area contributed by atoms with Gasteiger partial charge < -0.3 is 5.32 Å². The molecule has 1 fully saturated rings. The highest BCUT2D eigenvalue weighted by molar-refractivity contribution is 7.10. The van der Waals surface area contributed by atoms with Gasteiger partial charge in [0.25, 0.3) is 0 Å². The Morgan fingerprint density at radius 2 is 2.36 bits per heavy atom. The number of nitrogens with one attached hydrogen (secondary N) is 1. The average Bonchev–Trinajstić information content (AvgIpc) is 2.55. The number of nitriles is 1. The molecule has 1 aromatic rings. The molecule has 1 heterocycles. The van der Waals surface area contributed by atoms with Crippen molar-refractivity contribution in [2.45, 2.75) is 26.3 Å². The van der Waals surface area contributed by atoms with Crippen molar-refractivity contribution < 1.29 is 0 Å². The first kappa shape index (κ1) is 9.75. The Labute approximate surface area is 91.9 Å². The van der Waals surface area contributed by atoms with Crippen LogP contribution in [0.1, 0.15) is 25.8 Å². The van der Waals surface area contributed by atoms with Crippen molar-refractivity contribution in [1.82, 2.24) is 4.37 Å². The molecule has 1 saturated carbocycles. The number of nitrogens with zero attached hydrogens (tertiary/aromatic N) is 2. The van der Waals surface area contributed by atoms with E-state index in [1.54, 1.807) is 0 Å². The van der Waals surface area contributed by atoms with Gasteiger partial charge >= 0.3 is 0 Å². The monoisotopic (exact) mass is 227 g/mol. The molecule has 1 aliphatic carbocycles. The second-order valence-electron chi connectivity index (χ2n) is 4.18. The van der Waals surface area contributed by atoms with Crippen molar-refractivity contribution in [3.8, 4) is 6.07 Å². The topological polar surface area (TPSA) is 48.7 Å². The lowest BCUT2D eigenvalue weighted by Crippen LogP contribution is -2.07. The molecular weight excluding hydrogens is 218 g/mol. The highest BCUT2D eigenvalue weighted by Crippen LogP contribution is 2.47. The molecule has 1 aromatic heterocycles. The fraction of sp³-hybridized carbons (Fsp3) is 0.556. The molecule has 2 rings (SSSR count). The average molecular weight is 228 g/mol. The van der Waals surface area contributed by atoms with Gasteiger partial charge in [0.2, 0.25) is 0 Å². The third-order valence-corrected chi connectivity index (χ3v) is 3.73. The van der Waals surface area contributed by atoms with Gasteiger partial charge in [0.05, 0.1) is 0 Å². The summed E-state index contributed by atoms with van der Waals surface area (Å²) in [6.07, 6.45) is 1.13. The lowest BCUT2D eigenvalue weighted by molar-refractivity contribution is 0.631. The predicted molar refractivity (Wildman–Crippen MR) is 57.6 cm³/mol. The fourth-order valence-electron chi connectivity index (χ4n) is 1.34. The molecule has 1 aliphatic rings. The highest BCUT2D eigenvalue weighted by atomic mass is 35.5. The second-order valence-corrected chi connectivity index (χ2v) is 5.31. The summed E-state index contributed by atoms with van der Waals surface area (Å²) in [7, 11) is 0. The molecule has 1 atom stereocenters. The third-order valence-electron chi connectivity index (χ3n) is 2.58. The number of aromatic nitrogens is 1. The lowest BCUT2D eigenvalue weighted by Gasteiger charge is -2.04. The Morgan fingerprint density at radius 3 is 2.86 bits per heavy atom. The SMILES string of the molecule is CC1(C)CC1Nc1snc(Cl)c1C#N. The van der Waals surface area contributed by atoms with Crippen LogP contribution in [0.15, 0.2) is 0 Å². The summed E-state index contributed by atoms with van der Waals surface area (Å²) < 4.78 is 3.94. The molecule has 0 amide bonds. The molecule has 74 valence electrons. The highest BCUT2D eigenvalue weighted by Gasteiger charge is 2.46. The lowest BCUT2D eigenvalue weighted by atomic mass is 10.2. The van der Waals surface area contributed by atoms with Crippen molar-refractivity contribution in [2.75, 3.05) is 5.32 Å². The first-order valence-corrected chi connectivity index (χ1v) is 5.51. The largest absolute Gasteiger partial charge is 0.371 e. The van der Waals surface area contributed by atoms with Gasteiger partial charge in [0.1, 0.15) is 16.6 Å². The quantitative estimate of drug-likeness (QED) is 0.845. The van der Waals surface area contributed by atoms with E-state index < -0.39 is 0 Å². The normalized spacial score (nSPS) is 22.9. The summed E-state index contributed by atoms with van der Waals surface area (Å²) in [6.45, 7) is 4.39. The van der Waals surface area contributed by atoms with Crippen LogP contribution in [-0.4, -0.2) is 10.4 Å². The number of hydrogen-bond donors (Lipinski definition) is 1. The fourth-order valence-corrected chi connectivity index (χ4v) is 2.33. The van der Waals surface area contributed by atoms with E-state index in [1.165, 1.54) is 11.5 Å². The predicted octanol–water partition coefficient (Wildman–Crippen LogP) is 2.88. The Hall–Kier alpha value is -0.790. The second kappa shape index (κ2) is 3.11. The van der Waals surface area contributed by atoms with Gasteiger partial charge in [0.15, 0.2) is 5.15 Å². The third kappa shape index (κ3) is 1.58. The molecular formula is C9H10ClN3S. The van der Waals surface area contributed by atoms with Gasteiger partial charge in [-0.2, -0.15) is 9.64 Å². The zero-order chi connectivity index (χ0) is 10.3. The summed E-state index contributed by atoms with van der Waals surface area (Å²) in [5.74, 6) is 0. The molecule has 0 radical (unpaired) electrons. The first-order valence-electron chi connectivity index (χ1n) is 4.36. The maximum absolute atomic E-state index is 8.84. The minimum Gasteiger partial charge on any atom is -0.371 e. The van der Waals surface area contributed by atoms with E-state index in [1.807, 2.05) is 0 Å². The number of rotatable bonds is 2. The van der Waals surface area contributed by atoms with E-state index in [9.17, 15) is 0 Å². The maximum Gasteiger partial charge on any atom is 0.162 e. The van der Waals surface area contributed by atoms with Crippen molar-refractivity contribution in [2.24, 2.45) is 5.41 Å². The smallest absolute Gasteiger partial charge is 0.162 e. The van der Waals surface area contributed by atoms with Crippen LogP contribution in [0.5, 0.6) is 0 Å². The van der Waals surface area contributed by atoms with Gasteiger partial charge in [-0.25, -0.2) is 0 Å². The molecule has 5 heteroatoms. The van der Waals surface area contributed by atoms with Gasteiger partial charge in [0, 0.05) is 6.04 Å². The van der Waals surface area contributed by atoms with Crippen LogP contribution in [0.3, 0.4) is 0 Å². The molecule has 1 N–H and O–H groups in total. The van der Waals surface area contributed by atoms with Gasteiger partial charge in [-0.1, -0.05) is 25.4 Å². The molecule has 0 spiro atoms. The van der Waals surface area contributed by atoms with Gasteiger partial charge in [-0.05, 0) is 23.4 Å². The van der Waals surface area contributed by atoms with Crippen LogP contribution >= 0.6 is 23.1 Å². The number of halogens is 1. The van der Waals surface area contributed by atoms with Crippen LogP contribution in [0.4, 0.5) is 5.00 Å². The number of hydrogen-bond acceptors (Lipinski definition) is 4. The van der Waals surface area contributed by atoms with Crippen molar-refractivity contribution >= 4 is 28.1 Å². The van der Waals surface area contributed by atoms with Crippen LogP contribution < -0.4 is 5.32 Å². The van der Waals surface area contributed by atoms with Crippen molar-refractivity contribution in [3.63, 3.8) is 0 Å². The molecule has 0 saturated heterocycles. The Bertz CT molecular complexity index is 405. The first-order chi connectivity index (χ1) is 6.54. The Morgan fingerprint density at radius 1 is 1.71 bits per heavy atom. The van der Waals surface area contributed by atoms with E-state index in [0.29, 0.717) is 22.2 Å². The Balaban J connectivity index is 2.15. The van der Waals surface area contributed by atoms with Crippen LogP contribution in [0.2, 0.25) is 5.15 Å². The van der Waals surface area contributed by atoms with E-state index in [0.717, 1.165) is 11.4 Å². The number of anilines is 1. The van der Waals surface area contributed by atoms with E-state index in [2.05, 4.69) is 29.6 Å². The van der Waals surface area contributed by atoms with Crippen LogP contribution in [0, 0.1) is 16.7 Å². The van der Waals surface area contributed by atoms with Gasteiger partial charge in [-0.15, -0.1) is 0 Å². The summed E-state index contributed by atoms with van der Waals surface area (Å²) in [5, 5.41) is 13.2. The van der Waals surface area contributed by atoms with E-state index in [-0.39, 0.29) is 0 Å². The molecule has 1 unspecified atom stereocenters. The summed E-state index contributed by atoms with van der Waals surface area (Å²) >= 11 is 7.01.